The van der Waals surface area contributed by atoms with Crippen molar-refractivity contribution in [1.82, 2.24) is 4.98 Å². The number of rotatable bonds is 1. The fourth-order valence-electron chi connectivity index (χ4n) is 4.30. The van der Waals surface area contributed by atoms with Gasteiger partial charge in [-0.15, -0.1) is 0 Å². The second-order valence-corrected chi connectivity index (χ2v) is 7.97. The second kappa shape index (κ2) is 5.34. The maximum atomic E-state index is 13.1. The van der Waals surface area contributed by atoms with Crippen LogP contribution < -0.4 is 14.8 Å². The van der Waals surface area contributed by atoms with Crippen molar-refractivity contribution in [3.63, 3.8) is 0 Å². The lowest BCUT2D eigenvalue weighted by Crippen LogP contribution is -2.33. The van der Waals surface area contributed by atoms with Crippen LogP contribution in [0.15, 0.2) is 47.9 Å². The molecule has 3 aliphatic rings. The molecule has 0 saturated carbocycles. The predicted octanol–water partition coefficient (Wildman–Crippen LogP) is 4.01. The number of Topliss-reactive ketones (excluding diaryl/α,β-unsaturated/α-hetero) is 1. The number of nitrogens with one attached hydrogen (secondary N) is 1. The number of benzene rings is 1. The molecular weight excluding hydrogens is 328 g/mol. The molecule has 0 bridgehead atoms. The van der Waals surface area contributed by atoms with Crippen LogP contribution in [-0.4, -0.2) is 17.6 Å². The Balaban J connectivity index is 1.73. The van der Waals surface area contributed by atoms with E-state index in [0.29, 0.717) is 6.42 Å². The third kappa shape index (κ3) is 2.30. The minimum atomic E-state index is -0.131. The molecule has 5 heteroatoms. The molecule has 0 saturated heterocycles. The normalized spacial score (nSPS) is 22.5. The van der Waals surface area contributed by atoms with Gasteiger partial charge in [0.1, 0.15) is 0 Å². The van der Waals surface area contributed by atoms with Crippen LogP contribution in [0.3, 0.4) is 0 Å². The van der Waals surface area contributed by atoms with Gasteiger partial charge in [-0.3, -0.25) is 9.78 Å². The van der Waals surface area contributed by atoms with Gasteiger partial charge in [0.25, 0.3) is 0 Å². The predicted molar refractivity (Wildman–Crippen MR) is 97.3 cm³/mol. The standard InChI is InChI=1S/C21H20N2O3/c1-21(2)8-15-20(16(24)9-21)19(12-4-3-5-22-10-12)13-6-17-18(26-11-25-17)7-14(13)23-15/h3-7,10,19,23H,8-9,11H2,1-2H3/t19-/m0/s1. The molecule has 1 atom stereocenters. The summed E-state index contributed by atoms with van der Waals surface area (Å²) < 4.78 is 11.1. The quantitative estimate of drug-likeness (QED) is 0.844. The maximum Gasteiger partial charge on any atom is 0.231 e. The Bertz CT molecular complexity index is 947. The van der Waals surface area contributed by atoms with Gasteiger partial charge in [-0.1, -0.05) is 19.9 Å². The molecule has 1 aromatic heterocycles. The lowest BCUT2D eigenvalue weighted by atomic mass is 9.69. The molecule has 0 radical (unpaired) electrons. The molecule has 0 spiro atoms. The topological polar surface area (TPSA) is 60.5 Å². The number of aromatic nitrogens is 1. The first kappa shape index (κ1) is 15.4. The highest BCUT2D eigenvalue weighted by Gasteiger charge is 2.41. The Morgan fingerprint density at radius 3 is 2.77 bits per heavy atom. The van der Waals surface area contributed by atoms with Gasteiger partial charge in [-0.25, -0.2) is 0 Å². The SMILES string of the molecule is CC1(C)CC(=O)C2=C(C1)Nc1cc3c(cc1[C@@H]2c1cccnc1)OCO3. The molecule has 0 amide bonds. The number of carbonyl (C=O) groups excluding carboxylic acids is 1. The van der Waals surface area contributed by atoms with E-state index in [1.807, 2.05) is 30.5 Å². The van der Waals surface area contributed by atoms with Crippen molar-refractivity contribution in [3.8, 4) is 11.5 Å². The average molecular weight is 348 g/mol. The van der Waals surface area contributed by atoms with Gasteiger partial charge in [0.15, 0.2) is 17.3 Å². The molecule has 1 aromatic carbocycles. The Labute approximate surface area is 152 Å². The van der Waals surface area contributed by atoms with Gasteiger partial charge in [0, 0.05) is 47.8 Å². The summed E-state index contributed by atoms with van der Waals surface area (Å²) in [6.45, 7) is 4.52. The molecule has 1 N–H and O–H groups in total. The van der Waals surface area contributed by atoms with E-state index >= 15 is 0 Å². The summed E-state index contributed by atoms with van der Waals surface area (Å²) >= 11 is 0. The zero-order chi connectivity index (χ0) is 17.9. The number of carbonyl (C=O) groups is 1. The molecule has 5 rings (SSSR count). The third-order valence-corrected chi connectivity index (χ3v) is 5.37. The van der Waals surface area contributed by atoms with E-state index in [2.05, 4.69) is 24.1 Å². The summed E-state index contributed by atoms with van der Waals surface area (Å²) in [4.78, 5) is 17.4. The number of hydrogen-bond donors (Lipinski definition) is 1. The van der Waals surface area contributed by atoms with Crippen LogP contribution in [0.2, 0.25) is 0 Å². The van der Waals surface area contributed by atoms with Crippen molar-refractivity contribution >= 4 is 11.5 Å². The van der Waals surface area contributed by atoms with Gasteiger partial charge in [-0.05, 0) is 35.1 Å². The van der Waals surface area contributed by atoms with Crippen molar-refractivity contribution in [1.29, 1.82) is 0 Å². The highest BCUT2D eigenvalue weighted by atomic mass is 16.7. The number of hydrogen-bond acceptors (Lipinski definition) is 5. The van der Waals surface area contributed by atoms with E-state index in [1.165, 1.54) is 0 Å². The molecule has 2 aromatic rings. The van der Waals surface area contributed by atoms with Crippen LogP contribution >= 0.6 is 0 Å². The molecule has 3 heterocycles. The number of ether oxygens (including phenoxy) is 2. The minimum Gasteiger partial charge on any atom is -0.454 e. The molecule has 132 valence electrons. The second-order valence-electron chi connectivity index (χ2n) is 7.97. The summed E-state index contributed by atoms with van der Waals surface area (Å²) in [5, 5.41) is 3.52. The van der Waals surface area contributed by atoms with E-state index in [-0.39, 0.29) is 23.9 Å². The fraction of sp³-hybridized carbons (Fsp3) is 0.333. The summed E-state index contributed by atoms with van der Waals surface area (Å²) in [6.07, 6.45) is 5.01. The number of anilines is 1. The smallest absolute Gasteiger partial charge is 0.231 e. The molecule has 26 heavy (non-hydrogen) atoms. The van der Waals surface area contributed by atoms with Crippen LogP contribution in [0.5, 0.6) is 11.5 Å². The number of ketones is 1. The molecule has 2 aliphatic heterocycles. The van der Waals surface area contributed by atoms with Gasteiger partial charge < -0.3 is 14.8 Å². The number of fused-ring (bicyclic) bond motifs is 2. The van der Waals surface area contributed by atoms with E-state index in [4.69, 9.17) is 9.47 Å². The van der Waals surface area contributed by atoms with Crippen molar-refractivity contribution in [3.05, 3.63) is 59.1 Å². The molecule has 0 unspecified atom stereocenters. The van der Waals surface area contributed by atoms with Gasteiger partial charge in [0.2, 0.25) is 6.79 Å². The molecule has 1 aliphatic carbocycles. The summed E-state index contributed by atoms with van der Waals surface area (Å²) in [5.74, 6) is 1.55. The van der Waals surface area contributed by atoms with Crippen molar-refractivity contribution in [2.24, 2.45) is 5.41 Å². The van der Waals surface area contributed by atoms with Gasteiger partial charge >= 0.3 is 0 Å². The lowest BCUT2D eigenvalue weighted by molar-refractivity contribution is -0.118. The number of nitrogens with zero attached hydrogens (tertiary/aromatic N) is 1. The highest BCUT2D eigenvalue weighted by molar-refractivity contribution is 6.01. The summed E-state index contributed by atoms with van der Waals surface area (Å²) in [5.41, 5.74) is 4.88. The Morgan fingerprint density at radius 2 is 2.00 bits per heavy atom. The van der Waals surface area contributed by atoms with E-state index in [0.717, 1.165) is 46.0 Å². The maximum absolute atomic E-state index is 13.1. The van der Waals surface area contributed by atoms with Crippen molar-refractivity contribution < 1.29 is 14.3 Å². The van der Waals surface area contributed by atoms with E-state index < -0.39 is 0 Å². The first-order valence-electron chi connectivity index (χ1n) is 8.89. The van der Waals surface area contributed by atoms with Crippen LogP contribution in [0, 0.1) is 5.41 Å². The highest BCUT2D eigenvalue weighted by Crippen LogP contribution is 2.51. The monoisotopic (exact) mass is 348 g/mol. The Kier molecular flexibility index (Phi) is 3.17. The Morgan fingerprint density at radius 1 is 1.19 bits per heavy atom. The van der Waals surface area contributed by atoms with Crippen LogP contribution in [0.4, 0.5) is 5.69 Å². The molecular formula is C21H20N2O3. The van der Waals surface area contributed by atoms with Crippen LogP contribution in [0.25, 0.3) is 0 Å². The van der Waals surface area contributed by atoms with Crippen LogP contribution in [0.1, 0.15) is 43.7 Å². The minimum absolute atomic E-state index is 0.0454. The summed E-state index contributed by atoms with van der Waals surface area (Å²) in [6, 6.07) is 7.94. The zero-order valence-corrected chi connectivity index (χ0v) is 14.8. The van der Waals surface area contributed by atoms with Crippen LogP contribution in [-0.2, 0) is 4.79 Å². The zero-order valence-electron chi connectivity index (χ0n) is 14.8. The first-order valence-corrected chi connectivity index (χ1v) is 8.89. The largest absolute Gasteiger partial charge is 0.454 e. The molecule has 5 nitrogen and oxygen atoms in total. The number of pyridine rings is 1. The van der Waals surface area contributed by atoms with Crippen molar-refractivity contribution in [2.75, 3.05) is 12.1 Å². The van der Waals surface area contributed by atoms with E-state index in [1.54, 1.807) is 6.20 Å². The molecule has 0 fully saturated rings. The first-order chi connectivity index (χ1) is 12.5. The van der Waals surface area contributed by atoms with Crippen molar-refractivity contribution in [2.45, 2.75) is 32.6 Å². The lowest BCUT2D eigenvalue weighted by Gasteiger charge is -2.39. The number of allylic oxidation sites excluding steroid dienone is 2. The Hall–Kier alpha value is -2.82. The summed E-state index contributed by atoms with van der Waals surface area (Å²) in [7, 11) is 0. The third-order valence-electron chi connectivity index (χ3n) is 5.37. The van der Waals surface area contributed by atoms with Gasteiger partial charge in [-0.2, -0.15) is 0 Å². The fourth-order valence-corrected chi connectivity index (χ4v) is 4.30. The van der Waals surface area contributed by atoms with E-state index in [9.17, 15) is 4.79 Å². The average Bonchev–Trinajstić information content (AvgIpc) is 3.05. The van der Waals surface area contributed by atoms with Gasteiger partial charge in [0.05, 0.1) is 0 Å².